The van der Waals surface area contributed by atoms with Crippen LogP contribution in [0.15, 0.2) is 0 Å². The maximum absolute atomic E-state index is 12.4. The van der Waals surface area contributed by atoms with Crippen LogP contribution in [0.3, 0.4) is 0 Å². The van der Waals surface area contributed by atoms with Gasteiger partial charge < -0.3 is 5.32 Å². The highest BCUT2D eigenvalue weighted by atomic mass is 79.9. The first-order valence-electron chi connectivity index (χ1n) is 7.43. The summed E-state index contributed by atoms with van der Waals surface area (Å²) >= 11 is 3.66. The minimum absolute atomic E-state index is 0.189. The second-order valence-electron chi connectivity index (χ2n) is 6.74. The Balaban J connectivity index is 1.87. The molecule has 0 radical (unpaired) electrons. The van der Waals surface area contributed by atoms with Crippen molar-refractivity contribution in [3.8, 4) is 0 Å². The van der Waals surface area contributed by atoms with Crippen LogP contribution in [0, 0.1) is 11.3 Å². The third-order valence-corrected chi connectivity index (χ3v) is 5.74. The van der Waals surface area contributed by atoms with Crippen LogP contribution in [0.1, 0.15) is 65.2 Å². The third kappa shape index (κ3) is 3.49. The Bertz CT molecular complexity index is 295. The lowest BCUT2D eigenvalue weighted by molar-refractivity contribution is -0.131. The minimum atomic E-state index is 0.189. The van der Waals surface area contributed by atoms with Gasteiger partial charge in [0.05, 0.1) is 0 Å². The van der Waals surface area contributed by atoms with E-state index in [0.29, 0.717) is 16.8 Å². The summed E-state index contributed by atoms with van der Waals surface area (Å²) in [6.45, 7) is 4.51. The number of amides is 1. The van der Waals surface area contributed by atoms with Crippen molar-refractivity contribution in [1.82, 2.24) is 5.32 Å². The Hall–Kier alpha value is -0.0500. The van der Waals surface area contributed by atoms with Gasteiger partial charge in [-0.05, 0) is 43.9 Å². The van der Waals surface area contributed by atoms with Crippen molar-refractivity contribution in [2.24, 2.45) is 11.3 Å². The van der Waals surface area contributed by atoms with Gasteiger partial charge in [0, 0.05) is 16.8 Å². The van der Waals surface area contributed by atoms with E-state index < -0.39 is 0 Å². The second kappa shape index (κ2) is 5.94. The summed E-state index contributed by atoms with van der Waals surface area (Å²) in [6, 6.07) is 0.420. The van der Waals surface area contributed by atoms with Gasteiger partial charge in [-0.2, -0.15) is 0 Å². The van der Waals surface area contributed by atoms with Gasteiger partial charge in [0.1, 0.15) is 0 Å². The van der Waals surface area contributed by atoms with Gasteiger partial charge in [-0.25, -0.2) is 0 Å². The number of hydrogen-bond donors (Lipinski definition) is 1. The molecule has 0 heterocycles. The third-order valence-electron chi connectivity index (χ3n) is 4.83. The van der Waals surface area contributed by atoms with Crippen molar-refractivity contribution in [3.63, 3.8) is 0 Å². The summed E-state index contributed by atoms with van der Waals surface area (Å²) in [7, 11) is 0. The van der Waals surface area contributed by atoms with E-state index in [1.54, 1.807) is 0 Å². The molecular weight excluding hydrogens is 290 g/mol. The number of carbonyl (C=O) groups is 1. The molecule has 0 aromatic heterocycles. The van der Waals surface area contributed by atoms with Gasteiger partial charge in [-0.1, -0.05) is 42.6 Å². The average molecular weight is 316 g/mol. The summed E-state index contributed by atoms with van der Waals surface area (Å²) in [5.41, 5.74) is 0.189. The molecule has 1 atom stereocenters. The lowest BCUT2D eigenvalue weighted by Crippen LogP contribution is -2.46. The highest BCUT2D eigenvalue weighted by Gasteiger charge is 2.37. The monoisotopic (exact) mass is 315 g/mol. The normalized spacial score (nSPS) is 36.1. The maximum Gasteiger partial charge on any atom is 0.223 e. The van der Waals surface area contributed by atoms with E-state index in [-0.39, 0.29) is 11.3 Å². The SMILES string of the molecule is CC1(C)CCCCC1C(=O)NC1CCC(Br)CC1. The van der Waals surface area contributed by atoms with Crippen molar-refractivity contribution in [2.75, 3.05) is 0 Å². The van der Waals surface area contributed by atoms with E-state index in [4.69, 9.17) is 0 Å². The fraction of sp³-hybridized carbons (Fsp3) is 0.933. The number of hydrogen-bond acceptors (Lipinski definition) is 1. The molecule has 2 aliphatic carbocycles. The Morgan fingerprint density at radius 3 is 2.39 bits per heavy atom. The predicted octanol–water partition coefficient (Wildman–Crippen LogP) is 4.03. The molecule has 0 spiro atoms. The highest BCUT2D eigenvalue weighted by molar-refractivity contribution is 9.09. The zero-order valence-corrected chi connectivity index (χ0v) is 13.3. The molecule has 18 heavy (non-hydrogen) atoms. The smallest absolute Gasteiger partial charge is 0.223 e. The van der Waals surface area contributed by atoms with Crippen LogP contribution in [0.4, 0.5) is 0 Å². The van der Waals surface area contributed by atoms with E-state index in [0.717, 1.165) is 19.3 Å². The van der Waals surface area contributed by atoms with Gasteiger partial charge in [0.15, 0.2) is 0 Å². The summed E-state index contributed by atoms with van der Waals surface area (Å²) in [6.07, 6.45) is 9.43. The van der Waals surface area contributed by atoms with Crippen molar-refractivity contribution in [3.05, 3.63) is 0 Å². The van der Waals surface area contributed by atoms with E-state index in [1.165, 1.54) is 32.1 Å². The molecule has 3 heteroatoms. The van der Waals surface area contributed by atoms with Gasteiger partial charge >= 0.3 is 0 Å². The summed E-state index contributed by atoms with van der Waals surface area (Å²) < 4.78 is 0. The first-order chi connectivity index (χ1) is 8.49. The second-order valence-corrected chi connectivity index (χ2v) is 8.04. The Morgan fingerprint density at radius 1 is 1.11 bits per heavy atom. The molecule has 1 N–H and O–H groups in total. The van der Waals surface area contributed by atoms with Crippen molar-refractivity contribution >= 4 is 21.8 Å². The van der Waals surface area contributed by atoms with Gasteiger partial charge in [0.25, 0.3) is 0 Å². The van der Waals surface area contributed by atoms with Crippen LogP contribution in [0.25, 0.3) is 0 Å². The van der Waals surface area contributed by atoms with Gasteiger partial charge in [0.2, 0.25) is 5.91 Å². The summed E-state index contributed by atoms with van der Waals surface area (Å²) in [5.74, 6) is 0.547. The number of nitrogens with one attached hydrogen (secondary N) is 1. The molecule has 2 rings (SSSR count). The van der Waals surface area contributed by atoms with Crippen LogP contribution in [0.2, 0.25) is 0 Å². The lowest BCUT2D eigenvalue weighted by Gasteiger charge is -2.38. The zero-order valence-electron chi connectivity index (χ0n) is 11.7. The molecule has 0 aromatic rings. The number of halogens is 1. The van der Waals surface area contributed by atoms with Crippen LogP contribution in [-0.4, -0.2) is 16.8 Å². The first-order valence-corrected chi connectivity index (χ1v) is 8.35. The van der Waals surface area contributed by atoms with Gasteiger partial charge in [-0.15, -0.1) is 0 Å². The van der Waals surface area contributed by atoms with Crippen molar-refractivity contribution in [1.29, 1.82) is 0 Å². The van der Waals surface area contributed by atoms with E-state index in [1.807, 2.05) is 0 Å². The molecule has 2 nitrogen and oxygen atoms in total. The lowest BCUT2D eigenvalue weighted by atomic mass is 9.68. The summed E-state index contributed by atoms with van der Waals surface area (Å²) in [5, 5.41) is 3.30. The average Bonchev–Trinajstić information content (AvgIpc) is 2.31. The topological polar surface area (TPSA) is 29.1 Å². The zero-order chi connectivity index (χ0) is 13.2. The Kier molecular flexibility index (Phi) is 4.74. The molecule has 1 amide bonds. The van der Waals surface area contributed by atoms with E-state index in [2.05, 4.69) is 35.1 Å². The molecule has 0 aliphatic heterocycles. The number of rotatable bonds is 2. The molecule has 2 fully saturated rings. The standard InChI is InChI=1S/C15H26BrNO/c1-15(2)10-4-3-5-13(15)14(18)17-12-8-6-11(16)7-9-12/h11-13H,3-10H2,1-2H3,(H,17,18). The fourth-order valence-electron chi connectivity index (χ4n) is 3.48. The minimum Gasteiger partial charge on any atom is -0.353 e. The maximum atomic E-state index is 12.4. The van der Waals surface area contributed by atoms with E-state index in [9.17, 15) is 4.79 Å². The van der Waals surface area contributed by atoms with Crippen LogP contribution in [-0.2, 0) is 4.79 Å². The van der Waals surface area contributed by atoms with Crippen LogP contribution in [0.5, 0.6) is 0 Å². The predicted molar refractivity (Wildman–Crippen MR) is 78.9 cm³/mol. The largest absolute Gasteiger partial charge is 0.353 e. The van der Waals surface area contributed by atoms with Crippen molar-refractivity contribution < 1.29 is 4.79 Å². The van der Waals surface area contributed by atoms with Crippen molar-refractivity contribution in [2.45, 2.75) is 76.1 Å². The first kappa shape index (κ1) is 14.4. The van der Waals surface area contributed by atoms with Crippen LogP contribution >= 0.6 is 15.9 Å². The molecule has 0 bridgehead atoms. The molecule has 2 saturated carbocycles. The quantitative estimate of drug-likeness (QED) is 0.766. The molecule has 0 aromatic carbocycles. The number of alkyl halides is 1. The Labute approximate surface area is 119 Å². The molecule has 0 saturated heterocycles. The molecule has 104 valence electrons. The number of carbonyl (C=O) groups excluding carboxylic acids is 1. The molecule has 1 unspecified atom stereocenters. The highest BCUT2D eigenvalue weighted by Crippen LogP contribution is 2.40. The van der Waals surface area contributed by atoms with E-state index >= 15 is 0 Å². The Morgan fingerprint density at radius 2 is 1.78 bits per heavy atom. The summed E-state index contributed by atoms with van der Waals surface area (Å²) in [4.78, 5) is 13.1. The van der Waals surface area contributed by atoms with Gasteiger partial charge in [-0.3, -0.25) is 4.79 Å². The fourth-order valence-corrected chi connectivity index (χ4v) is 4.01. The molecular formula is C15H26BrNO. The molecule has 2 aliphatic rings. The van der Waals surface area contributed by atoms with Crippen LogP contribution < -0.4 is 5.32 Å².